The summed E-state index contributed by atoms with van der Waals surface area (Å²) in [5, 5.41) is 7.15. The maximum atomic E-state index is 7.15. The highest BCUT2D eigenvalue weighted by Gasteiger charge is 2.30. The van der Waals surface area contributed by atoms with Crippen LogP contribution in [0.2, 0.25) is 0 Å². The average molecular weight is 155 g/mol. The third-order valence-corrected chi connectivity index (χ3v) is 1.45. The van der Waals surface area contributed by atoms with Crippen molar-refractivity contribution < 1.29 is 4.58 Å². The molecule has 2 heteroatoms. The van der Waals surface area contributed by atoms with E-state index in [1.165, 1.54) is 0 Å². The molecule has 0 rings (SSSR count). The third-order valence-electron chi connectivity index (χ3n) is 1.45. The molecule has 0 aliphatic carbocycles. The summed E-state index contributed by atoms with van der Waals surface area (Å²) < 4.78 is 1.92. The summed E-state index contributed by atoms with van der Waals surface area (Å²) >= 11 is 0. The number of nitrogens with one attached hydrogen (secondary N) is 1. The van der Waals surface area contributed by atoms with Gasteiger partial charge in [0.25, 0.3) is 0 Å². The van der Waals surface area contributed by atoms with Crippen LogP contribution in [-0.2, 0) is 0 Å². The lowest BCUT2D eigenvalue weighted by molar-refractivity contribution is -0.652. The Morgan fingerprint density at radius 2 is 1.18 bits per heavy atom. The summed E-state index contributed by atoms with van der Waals surface area (Å²) in [5.74, 6) is 0. The molecule has 0 aliphatic rings. The summed E-state index contributed by atoms with van der Waals surface area (Å²) in [4.78, 5) is 0. The van der Waals surface area contributed by atoms with E-state index >= 15 is 0 Å². The Kier molecular flexibility index (Phi) is 2.63. The summed E-state index contributed by atoms with van der Waals surface area (Å²) in [6.45, 7) is 12.5. The summed E-state index contributed by atoms with van der Waals surface area (Å²) in [5.41, 5.74) is -0.0278. The van der Waals surface area contributed by atoms with Crippen molar-refractivity contribution in [2.75, 3.05) is 0 Å². The van der Waals surface area contributed by atoms with Crippen LogP contribution in [0.15, 0.2) is 0 Å². The van der Waals surface area contributed by atoms with Crippen molar-refractivity contribution in [2.45, 2.75) is 52.6 Å². The van der Waals surface area contributed by atoms with Gasteiger partial charge in [0.05, 0.1) is 0 Å². The second-order valence-corrected chi connectivity index (χ2v) is 4.79. The molecule has 11 heavy (non-hydrogen) atoms. The van der Waals surface area contributed by atoms with E-state index in [2.05, 4.69) is 47.6 Å². The van der Waals surface area contributed by atoms with Crippen molar-refractivity contribution in [3.05, 3.63) is 0 Å². The maximum Gasteiger partial charge on any atom is 0.304 e. The molecule has 0 aromatic rings. The molecule has 0 aromatic carbocycles. The van der Waals surface area contributed by atoms with Gasteiger partial charge in [-0.25, -0.2) is 4.58 Å². The monoisotopic (exact) mass is 155 g/mol. The van der Waals surface area contributed by atoms with Crippen LogP contribution in [0.1, 0.15) is 41.5 Å². The van der Waals surface area contributed by atoms with Crippen LogP contribution < -0.4 is 0 Å². The molecule has 1 N–H and O–H groups in total. The molecule has 0 bridgehead atoms. The minimum absolute atomic E-state index is 0.0139. The highest BCUT2D eigenvalue weighted by Crippen LogP contribution is 2.17. The van der Waals surface area contributed by atoms with E-state index < -0.39 is 0 Å². The van der Waals surface area contributed by atoms with Gasteiger partial charge in [0.2, 0.25) is 0 Å². The van der Waals surface area contributed by atoms with E-state index in [1.807, 2.05) is 4.58 Å². The Morgan fingerprint density at radius 1 is 0.909 bits per heavy atom. The van der Waals surface area contributed by atoms with Crippen LogP contribution in [0.3, 0.4) is 0 Å². The van der Waals surface area contributed by atoms with Crippen LogP contribution in [0.5, 0.6) is 0 Å². The molecule has 0 radical (unpaired) electrons. The van der Waals surface area contributed by atoms with Gasteiger partial charge in [0.15, 0.2) is 0 Å². The predicted molar refractivity (Wildman–Crippen MR) is 47.5 cm³/mol. The number of rotatable bonds is 0. The molecule has 2 nitrogen and oxygen atoms in total. The van der Waals surface area contributed by atoms with Crippen molar-refractivity contribution >= 4 is 6.01 Å². The second kappa shape index (κ2) is 2.78. The Hall–Kier alpha value is -0.620. The van der Waals surface area contributed by atoms with Gasteiger partial charge in [-0.15, -0.1) is 0 Å². The minimum atomic E-state index is -0.0139. The Morgan fingerprint density at radius 3 is 1.18 bits per heavy atom. The van der Waals surface area contributed by atoms with Crippen molar-refractivity contribution in [3.8, 4) is 0 Å². The van der Waals surface area contributed by atoms with Crippen molar-refractivity contribution in [2.24, 2.45) is 0 Å². The van der Waals surface area contributed by atoms with Gasteiger partial charge in [-0.3, -0.25) is 0 Å². The Balaban J connectivity index is 4.90. The molecule has 0 atom stereocenters. The first kappa shape index (κ1) is 10.4. The average Bonchev–Trinajstić information content (AvgIpc) is 1.56. The van der Waals surface area contributed by atoms with Crippen molar-refractivity contribution in [1.82, 2.24) is 0 Å². The Labute approximate surface area is 69.4 Å². The fraction of sp³-hybridized carbons (Fsp3) is 0.889. The lowest BCUT2D eigenvalue weighted by atomic mass is 9.99. The summed E-state index contributed by atoms with van der Waals surface area (Å²) in [6.07, 6.45) is 0. The van der Waals surface area contributed by atoms with Crippen molar-refractivity contribution in [3.63, 3.8) is 0 Å². The molecule has 64 valence electrons. The van der Waals surface area contributed by atoms with Gasteiger partial charge in [-0.05, 0) is 41.5 Å². The van der Waals surface area contributed by atoms with Crippen LogP contribution in [0.25, 0.3) is 0 Å². The second-order valence-electron chi connectivity index (χ2n) is 4.79. The van der Waals surface area contributed by atoms with Crippen LogP contribution in [0, 0.1) is 5.41 Å². The third kappa shape index (κ3) is 2.85. The van der Waals surface area contributed by atoms with E-state index in [0.29, 0.717) is 0 Å². The first-order chi connectivity index (χ1) is 4.69. The van der Waals surface area contributed by atoms with E-state index in [9.17, 15) is 0 Å². The van der Waals surface area contributed by atoms with Gasteiger partial charge < -0.3 is 0 Å². The van der Waals surface area contributed by atoms with Crippen molar-refractivity contribution in [1.29, 1.82) is 5.41 Å². The van der Waals surface area contributed by atoms with Gasteiger partial charge in [0, 0.05) is 0 Å². The number of nitrogens with zero attached hydrogens (tertiary/aromatic N) is 1. The SMILES string of the molecule is CC(C)(C)[N+](=C=N)C(C)(C)C. The summed E-state index contributed by atoms with van der Waals surface area (Å²) in [6, 6.07) is 2.47. The van der Waals surface area contributed by atoms with Crippen LogP contribution in [-0.4, -0.2) is 21.7 Å². The molecule has 0 fully saturated rings. The van der Waals surface area contributed by atoms with E-state index in [0.717, 1.165) is 0 Å². The van der Waals surface area contributed by atoms with Gasteiger partial charge in [0.1, 0.15) is 11.1 Å². The zero-order valence-corrected chi connectivity index (χ0v) is 8.45. The van der Waals surface area contributed by atoms with Gasteiger partial charge in [-0.2, -0.15) is 0 Å². The normalized spacial score (nSPS) is 12.5. The highest BCUT2D eigenvalue weighted by atomic mass is 15.1. The van der Waals surface area contributed by atoms with Gasteiger partial charge in [-0.1, -0.05) is 5.41 Å². The molecule has 0 saturated heterocycles. The van der Waals surface area contributed by atoms with Crippen LogP contribution >= 0.6 is 0 Å². The highest BCUT2D eigenvalue weighted by molar-refractivity contribution is 5.29. The number of hydrogen-bond acceptors (Lipinski definition) is 1. The molecule has 0 unspecified atom stereocenters. The van der Waals surface area contributed by atoms with E-state index in [4.69, 9.17) is 5.41 Å². The fourth-order valence-electron chi connectivity index (χ4n) is 1.34. The number of hydrogen-bond donors (Lipinski definition) is 1. The minimum Gasteiger partial charge on any atom is -0.211 e. The summed E-state index contributed by atoms with van der Waals surface area (Å²) in [7, 11) is 0. The molecule has 0 saturated carbocycles. The zero-order chi connectivity index (χ0) is 9.28. The Bertz CT molecular complexity index is 169. The van der Waals surface area contributed by atoms with Gasteiger partial charge >= 0.3 is 6.01 Å². The largest absolute Gasteiger partial charge is 0.304 e. The predicted octanol–water partition coefficient (Wildman–Crippen LogP) is 2.35. The lowest BCUT2D eigenvalue weighted by Gasteiger charge is -2.29. The van der Waals surface area contributed by atoms with E-state index in [1.54, 1.807) is 0 Å². The fourth-order valence-corrected chi connectivity index (χ4v) is 1.34. The maximum absolute atomic E-state index is 7.15. The molecule has 0 heterocycles. The molecule has 0 spiro atoms. The zero-order valence-electron chi connectivity index (χ0n) is 8.45. The molecule has 0 aromatic heterocycles. The molecule has 0 aliphatic heterocycles. The first-order valence-electron chi connectivity index (χ1n) is 3.92. The first-order valence-corrected chi connectivity index (χ1v) is 3.92. The standard InChI is InChI=1S/C9H19N2/c1-8(2,3)11(7-10)9(4,5)6/h10H,1-6H3/q+1. The quantitative estimate of drug-likeness (QED) is 0.410. The smallest absolute Gasteiger partial charge is 0.211 e. The van der Waals surface area contributed by atoms with E-state index in [-0.39, 0.29) is 11.1 Å². The van der Waals surface area contributed by atoms with Crippen LogP contribution in [0.4, 0.5) is 0 Å². The molecule has 0 amide bonds. The lowest BCUT2D eigenvalue weighted by Crippen LogP contribution is -2.44. The molecular formula is C9H19N2+. The topological polar surface area (TPSA) is 26.9 Å². The molecular weight excluding hydrogens is 136 g/mol.